The summed E-state index contributed by atoms with van der Waals surface area (Å²) >= 11 is 0. The molecule has 0 unspecified atom stereocenters. The molecule has 1 atom stereocenters. The Morgan fingerprint density at radius 3 is 2.60 bits per heavy atom. The molecule has 1 amide bonds. The fourth-order valence-corrected chi connectivity index (χ4v) is 2.47. The number of carboxylic acids is 1. The Morgan fingerprint density at radius 2 is 1.95 bits per heavy atom. The zero-order chi connectivity index (χ0) is 14.1. The lowest BCUT2D eigenvalue weighted by Crippen LogP contribution is -2.34. The number of cyclic esters (lactones) is 1. The van der Waals surface area contributed by atoms with Gasteiger partial charge in [-0.1, -0.05) is 36.4 Å². The van der Waals surface area contributed by atoms with Crippen LogP contribution in [0.3, 0.4) is 0 Å². The average molecular weight is 271 g/mol. The van der Waals surface area contributed by atoms with Crippen LogP contribution in [0.2, 0.25) is 0 Å². The number of ether oxygens (including phenoxy) is 1. The van der Waals surface area contributed by atoms with Gasteiger partial charge in [-0.05, 0) is 22.4 Å². The predicted octanol–water partition coefficient (Wildman–Crippen LogP) is 2.42. The number of fused-ring (bicyclic) bond motifs is 1. The topological polar surface area (TPSA) is 66.8 Å². The summed E-state index contributed by atoms with van der Waals surface area (Å²) in [4.78, 5) is 24.4. The Bertz CT molecular complexity index is 682. The molecular weight excluding hydrogens is 258 g/mol. The van der Waals surface area contributed by atoms with E-state index in [1.807, 2.05) is 30.3 Å². The van der Waals surface area contributed by atoms with Crippen molar-refractivity contribution in [2.45, 2.75) is 6.04 Å². The molecule has 5 nitrogen and oxygen atoms in total. The SMILES string of the molecule is O=C(O)[C@H](c1ccc2ccccc2c1)N1CCOC1=O. The monoisotopic (exact) mass is 271 g/mol. The highest BCUT2D eigenvalue weighted by atomic mass is 16.6. The van der Waals surface area contributed by atoms with Gasteiger partial charge in [-0.25, -0.2) is 9.59 Å². The Morgan fingerprint density at radius 1 is 1.20 bits per heavy atom. The number of rotatable bonds is 3. The first-order valence-electron chi connectivity index (χ1n) is 6.32. The quantitative estimate of drug-likeness (QED) is 0.931. The zero-order valence-corrected chi connectivity index (χ0v) is 10.7. The van der Waals surface area contributed by atoms with E-state index in [4.69, 9.17) is 4.74 Å². The Kier molecular flexibility index (Phi) is 3.02. The molecule has 1 aliphatic rings. The standard InChI is InChI=1S/C15H13NO4/c17-14(18)13(16-7-8-20-15(16)19)12-6-5-10-3-1-2-4-11(10)9-12/h1-6,9,13H,7-8H2,(H,17,18)/t13-/m0/s1. The molecule has 5 heteroatoms. The van der Waals surface area contributed by atoms with Gasteiger partial charge < -0.3 is 9.84 Å². The smallest absolute Gasteiger partial charge is 0.410 e. The van der Waals surface area contributed by atoms with Crippen LogP contribution >= 0.6 is 0 Å². The van der Waals surface area contributed by atoms with Gasteiger partial charge in [-0.3, -0.25) is 4.90 Å². The van der Waals surface area contributed by atoms with Crippen molar-refractivity contribution in [3.63, 3.8) is 0 Å². The van der Waals surface area contributed by atoms with Crippen molar-refractivity contribution in [2.75, 3.05) is 13.2 Å². The molecule has 1 fully saturated rings. The molecular formula is C15H13NO4. The average Bonchev–Trinajstić information content (AvgIpc) is 2.85. The maximum absolute atomic E-state index is 11.6. The minimum atomic E-state index is -1.06. The first-order valence-corrected chi connectivity index (χ1v) is 6.32. The molecule has 0 bridgehead atoms. The first kappa shape index (κ1) is 12.5. The number of carbonyl (C=O) groups is 2. The van der Waals surface area contributed by atoms with Crippen molar-refractivity contribution in [1.29, 1.82) is 0 Å². The normalized spacial score (nSPS) is 16.2. The van der Waals surface area contributed by atoms with Gasteiger partial charge in [0.1, 0.15) is 6.61 Å². The summed E-state index contributed by atoms with van der Waals surface area (Å²) in [6.07, 6.45) is -0.578. The fourth-order valence-electron chi connectivity index (χ4n) is 2.47. The van der Waals surface area contributed by atoms with E-state index in [1.165, 1.54) is 4.90 Å². The summed E-state index contributed by atoms with van der Waals surface area (Å²) in [5.74, 6) is -1.06. The summed E-state index contributed by atoms with van der Waals surface area (Å²) in [6, 6.07) is 12.1. The minimum Gasteiger partial charge on any atom is -0.479 e. The van der Waals surface area contributed by atoms with E-state index in [2.05, 4.69) is 0 Å². The Hall–Kier alpha value is -2.56. The van der Waals surface area contributed by atoms with E-state index < -0.39 is 18.1 Å². The van der Waals surface area contributed by atoms with Gasteiger partial charge in [0.05, 0.1) is 6.54 Å². The van der Waals surface area contributed by atoms with Crippen molar-refractivity contribution in [1.82, 2.24) is 4.90 Å². The lowest BCUT2D eigenvalue weighted by atomic mass is 10.0. The summed E-state index contributed by atoms with van der Waals surface area (Å²) < 4.78 is 4.83. The molecule has 1 aliphatic heterocycles. The summed E-state index contributed by atoms with van der Waals surface area (Å²) in [6.45, 7) is 0.527. The number of carboxylic acid groups (broad SMARTS) is 1. The van der Waals surface area contributed by atoms with Crippen LogP contribution in [0.15, 0.2) is 42.5 Å². The molecule has 0 radical (unpaired) electrons. The molecule has 1 saturated heterocycles. The zero-order valence-electron chi connectivity index (χ0n) is 10.7. The second-order valence-corrected chi connectivity index (χ2v) is 4.66. The molecule has 3 rings (SSSR count). The van der Waals surface area contributed by atoms with E-state index in [0.717, 1.165) is 10.8 Å². The molecule has 0 aliphatic carbocycles. The van der Waals surface area contributed by atoms with Gasteiger partial charge in [-0.15, -0.1) is 0 Å². The summed E-state index contributed by atoms with van der Waals surface area (Å²) in [5, 5.41) is 11.4. The molecule has 1 N–H and O–H groups in total. The number of hydrogen-bond donors (Lipinski definition) is 1. The number of carbonyl (C=O) groups excluding carboxylic acids is 1. The summed E-state index contributed by atoms with van der Waals surface area (Å²) in [7, 11) is 0. The van der Waals surface area contributed by atoms with Crippen LogP contribution in [0.25, 0.3) is 10.8 Å². The number of benzene rings is 2. The van der Waals surface area contributed by atoms with Gasteiger partial charge in [-0.2, -0.15) is 0 Å². The third kappa shape index (κ3) is 2.07. The molecule has 102 valence electrons. The number of hydrogen-bond acceptors (Lipinski definition) is 3. The van der Waals surface area contributed by atoms with E-state index in [-0.39, 0.29) is 6.61 Å². The van der Waals surface area contributed by atoms with Gasteiger partial charge >= 0.3 is 12.1 Å². The second-order valence-electron chi connectivity index (χ2n) is 4.66. The molecule has 20 heavy (non-hydrogen) atoms. The highest BCUT2D eigenvalue weighted by Crippen LogP contribution is 2.27. The molecule has 1 heterocycles. The lowest BCUT2D eigenvalue weighted by Gasteiger charge is -2.22. The van der Waals surface area contributed by atoms with Crippen molar-refractivity contribution in [3.05, 3.63) is 48.0 Å². The second kappa shape index (κ2) is 4.85. The molecule has 2 aromatic rings. The van der Waals surface area contributed by atoms with Crippen LogP contribution in [0, 0.1) is 0 Å². The number of aliphatic carboxylic acids is 1. The largest absolute Gasteiger partial charge is 0.479 e. The molecule has 0 saturated carbocycles. The molecule has 0 aromatic heterocycles. The summed E-state index contributed by atoms with van der Waals surface area (Å²) in [5.41, 5.74) is 0.579. The Balaban J connectivity index is 2.05. The highest BCUT2D eigenvalue weighted by Gasteiger charge is 2.35. The fraction of sp³-hybridized carbons (Fsp3) is 0.200. The van der Waals surface area contributed by atoms with E-state index >= 15 is 0 Å². The van der Waals surface area contributed by atoms with Crippen LogP contribution in [0.1, 0.15) is 11.6 Å². The Labute approximate surface area is 115 Å². The van der Waals surface area contributed by atoms with E-state index in [9.17, 15) is 14.7 Å². The molecule has 0 spiro atoms. The van der Waals surface area contributed by atoms with Crippen molar-refractivity contribution >= 4 is 22.8 Å². The minimum absolute atomic E-state index is 0.232. The van der Waals surface area contributed by atoms with Gasteiger partial charge in [0.25, 0.3) is 0 Å². The maximum atomic E-state index is 11.6. The van der Waals surface area contributed by atoms with Crippen LogP contribution in [-0.2, 0) is 9.53 Å². The van der Waals surface area contributed by atoms with Crippen molar-refractivity contribution < 1.29 is 19.4 Å². The number of nitrogens with zero attached hydrogens (tertiary/aromatic N) is 1. The third-order valence-electron chi connectivity index (χ3n) is 3.43. The highest BCUT2D eigenvalue weighted by molar-refractivity contribution is 5.87. The number of amides is 1. The maximum Gasteiger partial charge on any atom is 0.410 e. The predicted molar refractivity (Wildman–Crippen MR) is 72.4 cm³/mol. The molecule has 2 aromatic carbocycles. The van der Waals surface area contributed by atoms with E-state index in [1.54, 1.807) is 12.1 Å². The van der Waals surface area contributed by atoms with Gasteiger partial charge in [0, 0.05) is 0 Å². The van der Waals surface area contributed by atoms with Crippen molar-refractivity contribution in [2.24, 2.45) is 0 Å². The van der Waals surface area contributed by atoms with Crippen LogP contribution < -0.4 is 0 Å². The van der Waals surface area contributed by atoms with Crippen LogP contribution in [0.5, 0.6) is 0 Å². The van der Waals surface area contributed by atoms with Gasteiger partial charge in [0.2, 0.25) is 0 Å². The van der Waals surface area contributed by atoms with Gasteiger partial charge in [0.15, 0.2) is 6.04 Å². The van der Waals surface area contributed by atoms with Crippen LogP contribution in [0.4, 0.5) is 4.79 Å². The third-order valence-corrected chi connectivity index (χ3v) is 3.43. The van der Waals surface area contributed by atoms with Crippen molar-refractivity contribution in [3.8, 4) is 0 Å². The van der Waals surface area contributed by atoms with E-state index in [0.29, 0.717) is 12.1 Å². The lowest BCUT2D eigenvalue weighted by molar-refractivity contribution is -0.142. The van der Waals surface area contributed by atoms with Crippen LogP contribution in [-0.4, -0.2) is 35.2 Å². The first-order chi connectivity index (χ1) is 9.66.